The molecule has 0 amide bonds. The van der Waals surface area contributed by atoms with Gasteiger partial charge in [-0.3, -0.25) is 4.79 Å². The van der Waals surface area contributed by atoms with Gasteiger partial charge >= 0.3 is 5.97 Å². The molecule has 2 aromatic carbocycles. The Kier molecular flexibility index (Phi) is 5.06. The number of hydrogen-bond donors (Lipinski definition) is 2. The van der Waals surface area contributed by atoms with E-state index in [2.05, 4.69) is 5.32 Å². The van der Waals surface area contributed by atoms with E-state index in [1.165, 1.54) is 12.1 Å². The third kappa shape index (κ3) is 4.39. The Bertz CT molecular complexity index is 593. The second-order valence-electron chi connectivity index (χ2n) is 5.01. The largest absolute Gasteiger partial charge is 0.480 e. The number of halogens is 1. The molecule has 0 aliphatic rings. The highest BCUT2D eigenvalue weighted by atomic mass is 19.1. The summed E-state index contributed by atoms with van der Waals surface area (Å²) in [6.45, 7) is 2.47. The summed E-state index contributed by atoms with van der Waals surface area (Å²) in [5.74, 6) is -1.17. The lowest BCUT2D eigenvalue weighted by Gasteiger charge is -2.15. The molecule has 1 atom stereocenters. The molecule has 2 rings (SSSR count). The van der Waals surface area contributed by atoms with E-state index in [1.54, 1.807) is 12.1 Å². The Labute approximate surface area is 123 Å². The van der Waals surface area contributed by atoms with Crippen molar-refractivity contribution < 1.29 is 14.3 Å². The fourth-order valence-electron chi connectivity index (χ4n) is 2.12. The molecule has 2 N–H and O–H groups in total. The third-order valence-corrected chi connectivity index (χ3v) is 3.33. The van der Waals surface area contributed by atoms with Crippen molar-refractivity contribution in [3.63, 3.8) is 0 Å². The summed E-state index contributed by atoms with van der Waals surface area (Å²) in [6.07, 6.45) is 0.649. The molecule has 0 heterocycles. The molecule has 0 fully saturated rings. The molecule has 0 radical (unpaired) electrons. The van der Waals surface area contributed by atoms with Crippen LogP contribution in [0.2, 0.25) is 0 Å². The first-order chi connectivity index (χ1) is 10.1. The predicted molar refractivity (Wildman–Crippen MR) is 79.7 cm³/mol. The van der Waals surface area contributed by atoms with Crippen LogP contribution in [-0.4, -0.2) is 17.6 Å². The van der Waals surface area contributed by atoms with Gasteiger partial charge in [0, 0.05) is 6.54 Å². The van der Waals surface area contributed by atoms with Gasteiger partial charge in [-0.1, -0.05) is 42.0 Å². The molecular weight excluding hydrogens is 269 g/mol. The van der Waals surface area contributed by atoms with Gasteiger partial charge in [0.2, 0.25) is 0 Å². The van der Waals surface area contributed by atoms with E-state index in [0.717, 1.165) is 16.7 Å². The van der Waals surface area contributed by atoms with Crippen LogP contribution in [0.15, 0.2) is 48.5 Å². The maximum absolute atomic E-state index is 12.8. The van der Waals surface area contributed by atoms with Crippen molar-refractivity contribution in [2.24, 2.45) is 0 Å². The normalized spacial score (nSPS) is 12.1. The SMILES string of the molecule is Cc1ccc(C(NCCc2ccc(F)cc2)C(=O)O)cc1. The molecule has 2 aromatic rings. The summed E-state index contributed by atoms with van der Waals surface area (Å²) in [6, 6.07) is 12.9. The van der Waals surface area contributed by atoms with Crippen molar-refractivity contribution in [2.75, 3.05) is 6.54 Å². The molecule has 0 bridgehead atoms. The van der Waals surface area contributed by atoms with Gasteiger partial charge < -0.3 is 10.4 Å². The Balaban J connectivity index is 1.96. The summed E-state index contributed by atoms with van der Waals surface area (Å²) >= 11 is 0. The monoisotopic (exact) mass is 287 g/mol. The van der Waals surface area contributed by atoms with Crippen LogP contribution in [0.5, 0.6) is 0 Å². The van der Waals surface area contributed by atoms with Crippen LogP contribution >= 0.6 is 0 Å². The Morgan fingerprint density at radius 3 is 2.33 bits per heavy atom. The lowest BCUT2D eigenvalue weighted by atomic mass is 10.0. The van der Waals surface area contributed by atoms with Crippen molar-refractivity contribution in [1.29, 1.82) is 0 Å². The molecule has 0 spiro atoms. The van der Waals surface area contributed by atoms with E-state index in [4.69, 9.17) is 0 Å². The van der Waals surface area contributed by atoms with Crippen LogP contribution in [0.4, 0.5) is 4.39 Å². The van der Waals surface area contributed by atoms with Gasteiger partial charge in [-0.15, -0.1) is 0 Å². The van der Waals surface area contributed by atoms with E-state index in [1.807, 2.05) is 31.2 Å². The van der Waals surface area contributed by atoms with Gasteiger partial charge in [0.25, 0.3) is 0 Å². The standard InChI is InChI=1S/C17H18FNO2/c1-12-2-6-14(7-3-12)16(17(20)21)19-11-10-13-4-8-15(18)9-5-13/h2-9,16,19H,10-11H2,1H3,(H,20,21). The molecule has 0 aliphatic carbocycles. The minimum Gasteiger partial charge on any atom is -0.480 e. The van der Waals surface area contributed by atoms with Crippen molar-refractivity contribution >= 4 is 5.97 Å². The number of carboxylic acid groups (broad SMARTS) is 1. The smallest absolute Gasteiger partial charge is 0.325 e. The molecular formula is C17H18FNO2. The molecule has 110 valence electrons. The highest BCUT2D eigenvalue weighted by molar-refractivity contribution is 5.75. The number of benzene rings is 2. The molecule has 21 heavy (non-hydrogen) atoms. The molecule has 1 unspecified atom stereocenters. The van der Waals surface area contributed by atoms with Crippen LogP contribution in [0, 0.1) is 12.7 Å². The van der Waals surface area contributed by atoms with Crippen LogP contribution in [0.25, 0.3) is 0 Å². The average Bonchev–Trinajstić information content (AvgIpc) is 2.46. The van der Waals surface area contributed by atoms with E-state index in [-0.39, 0.29) is 5.82 Å². The first-order valence-electron chi connectivity index (χ1n) is 6.83. The lowest BCUT2D eigenvalue weighted by Crippen LogP contribution is -2.30. The van der Waals surface area contributed by atoms with Crippen LogP contribution in [0.1, 0.15) is 22.7 Å². The molecule has 0 saturated carbocycles. The zero-order valence-corrected chi connectivity index (χ0v) is 11.8. The number of aryl methyl sites for hydroxylation is 1. The van der Waals surface area contributed by atoms with E-state index >= 15 is 0 Å². The summed E-state index contributed by atoms with van der Waals surface area (Å²) < 4.78 is 12.8. The molecule has 0 saturated heterocycles. The molecule has 4 heteroatoms. The van der Waals surface area contributed by atoms with Crippen LogP contribution in [0.3, 0.4) is 0 Å². The first-order valence-corrected chi connectivity index (χ1v) is 6.83. The maximum Gasteiger partial charge on any atom is 0.325 e. The number of aliphatic carboxylic acids is 1. The Morgan fingerprint density at radius 2 is 1.76 bits per heavy atom. The van der Waals surface area contributed by atoms with Gasteiger partial charge in [-0.25, -0.2) is 4.39 Å². The fraction of sp³-hybridized carbons (Fsp3) is 0.235. The summed E-state index contributed by atoms with van der Waals surface area (Å²) in [7, 11) is 0. The predicted octanol–water partition coefficient (Wildman–Crippen LogP) is 3.09. The Morgan fingerprint density at radius 1 is 1.14 bits per heavy atom. The lowest BCUT2D eigenvalue weighted by molar-refractivity contribution is -0.139. The number of rotatable bonds is 6. The molecule has 0 aromatic heterocycles. The zero-order chi connectivity index (χ0) is 15.2. The summed E-state index contributed by atoms with van der Waals surface area (Å²) in [4.78, 5) is 11.4. The molecule has 3 nitrogen and oxygen atoms in total. The van der Waals surface area contributed by atoms with Crippen molar-refractivity contribution in [1.82, 2.24) is 5.32 Å². The molecule has 0 aliphatic heterocycles. The topological polar surface area (TPSA) is 49.3 Å². The highest BCUT2D eigenvalue weighted by Gasteiger charge is 2.18. The van der Waals surface area contributed by atoms with Gasteiger partial charge in [0.15, 0.2) is 0 Å². The minimum absolute atomic E-state index is 0.269. The number of carbonyl (C=O) groups is 1. The van der Waals surface area contributed by atoms with Gasteiger partial charge in [0.1, 0.15) is 11.9 Å². The quantitative estimate of drug-likeness (QED) is 0.858. The second-order valence-corrected chi connectivity index (χ2v) is 5.01. The van der Waals surface area contributed by atoms with E-state index in [9.17, 15) is 14.3 Å². The average molecular weight is 287 g/mol. The third-order valence-electron chi connectivity index (χ3n) is 3.33. The van der Waals surface area contributed by atoms with Crippen molar-refractivity contribution in [3.05, 3.63) is 71.0 Å². The van der Waals surface area contributed by atoms with Crippen molar-refractivity contribution in [2.45, 2.75) is 19.4 Å². The summed E-state index contributed by atoms with van der Waals surface area (Å²) in [5, 5.41) is 12.3. The fourth-order valence-corrected chi connectivity index (χ4v) is 2.12. The minimum atomic E-state index is -0.905. The number of carboxylic acids is 1. The van der Waals surface area contributed by atoms with Gasteiger partial charge in [-0.2, -0.15) is 0 Å². The van der Waals surface area contributed by atoms with Crippen LogP contribution in [-0.2, 0) is 11.2 Å². The summed E-state index contributed by atoms with van der Waals surface area (Å²) in [5.41, 5.74) is 2.79. The van der Waals surface area contributed by atoms with E-state index < -0.39 is 12.0 Å². The number of hydrogen-bond acceptors (Lipinski definition) is 2. The van der Waals surface area contributed by atoms with Gasteiger partial charge in [0.05, 0.1) is 0 Å². The Hall–Kier alpha value is -2.20. The highest BCUT2D eigenvalue weighted by Crippen LogP contribution is 2.14. The number of nitrogens with one attached hydrogen (secondary N) is 1. The van der Waals surface area contributed by atoms with E-state index in [0.29, 0.717) is 13.0 Å². The zero-order valence-electron chi connectivity index (χ0n) is 11.8. The second kappa shape index (κ2) is 6.99. The first kappa shape index (κ1) is 15.2. The van der Waals surface area contributed by atoms with Gasteiger partial charge in [-0.05, 0) is 36.6 Å². The van der Waals surface area contributed by atoms with Crippen molar-refractivity contribution in [3.8, 4) is 0 Å². The van der Waals surface area contributed by atoms with Crippen LogP contribution < -0.4 is 5.32 Å². The maximum atomic E-state index is 12.8.